The van der Waals surface area contributed by atoms with E-state index in [1.807, 2.05) is 0 Å². The summed E-state index contributed by atoms with van der Waals surface area (Å²) in [6, 6.07) is 2.16. The fourth-order valence-electron chi connectivity index (χ4n) is 2.55. The molecule has 0 spiro atoms. The fraction of sp³-hybridized carbons (Fsp3) is 0.571. The second-order valence-electron chi connectivity index (χ2n) is 4.79. The van der Waals surface area contributed by atoms with Crippen molar-refractivity contribution in [3.63, 3.8) is 0 Å². The Morgan fingerprint density at radius 2 is 1.75 bits per heavy atom. The minimum atomic E-state index is -4.41. The molecule has 1 atom stereocenters. The number of piperidine rings is 1. The van der Waals surface area contributed by atoms with Crippen LogP contribution in [0.15, 0.2) is 12.1 Å². The summed E-state index contributed by atoms with van der Waals surface area (Å²) in [5.41, 5.74) is -0.426. The van der Waals surface area contributed by atoms with Gasteiger partial charge in [-0.25, -0.2) is 0 Å². The SMILES string of the molecule is COc1cc(C2CCCCN2)c(C(F)(F)F)cc1OC. The zero-order valence-corrected chi connectivity index (χ0v) is 11.5. The highest BCUT2D eigenvalue weighted by Gasteiger charge is 2.37. The summed E-state index contributed by atoms with van der Waals surface area (Å²) >= 11 is 0. The Morgan fingerprint density at radius 1 is 1.10 bits per heavy atom. The molecule has 1 aromatic rings. The third-order valence-electron chi connectivity index (χ3n) is 3.55. The van der Waals surface area contributed by atoms with E-state index in [0.717, 1.165) is 25.5 Å². The van der Waals surface area contributed by atoms with Gasteiger partial charge in [-0.2, -0.15) is 13.2 Å². The largest absolute Gasteiger partial charge is 0.493 e. The predicted octanol–water partition coefficient (Wildman–Crippen LogP) is 3.54. The van der Waals surface area contributed by atoms with E-state index in [0.29, 0.717) is 12.2 Å². The molecule has 0 bridgehead atoms. The molecule has 20 heavy (non-hydrogen) atoms. The number of benzene rings is 1. The minimum Gasteiger partial charge on any atom is -0.493 e. The summed E-state index contributed by atoms with van der Waals surface area (Å²) in [4.78, 5) is 0. The number of alkyl halides is 3. The molecule has 1 aliphatic heterocycles. The average molecular weight is 289 g/mol. The Morgan fingerprint density at radius 3 is 2.25 bits per heavy atom. The molecule has 0 aliphatic carbocycles. The van der Waals surface area contributed by atoms with Gasteiger partial charge in [0.2, 0.25) is 0 Å². The van der Waals surface area contributed by atoms with Gasteiger partial charge in [0.15, 0.2) is 11.5 Å². The van der Waals surface area contributed by atoms with Crippen LogP contribution >= 0.6 is 0 Å². The molecule has 6 heteroatoms. The van der Waals surface area contributed by atoms with E-state index in [2.05, 4.69) is 5.32 Å². The molecule has 1 N–H and O–H groups in total. The first-order valence-electron chi connectivity index (χ1n) is 6.54. The highest BCUT2D eigenvalue weighted by molar-refractivity contribution is 5.49. The van der Waals surface area contributed by atoms with Crippen LogP contribution < -0.4 is 14.8 Å². The molecule has 1 heterocycles. The molecule has 2 rings (SSSR count). The molecule has 3 nitrogen and oxygen atoms in total. The van der Waals surface area contributed by atoms with Gasteiger partial charge < -0.3 is 14.8 Å². The maximum Gasteiger partial charge on any atom is 0.416 e. The molecule has 1 aliphatic rings. The number of hydrogen-bond donors (Lipinski definition) is 1. The van der Waals surface area contributed by atoms with Crippen LogP contribution in [0.2, 0.25) is 0 Å². The standard InChI is InChI=1S/C14H18F3NO2/c1-19-12-7-9(11-5-3-4-6-18-11)10(14(15,16)17)8-13(12)20-2/h7-8,11,18H,3-6H2,1-2H3. The third-order valence-corrected chi connectivity index (χ3v) is 3.55. The fourth-order valence-corrected chi connectivity index (χ4v) is 2.55. The summed E-state index contributed by atoms with van der Waals surface area (Å²) in [5, 5.41) is 3.14. The van der Waals surface area contributed by atoms with Crippen molar-refractivity contribution in [2.45, 2.75) is 31.5 Å². The lowest BCUT2D eigenvalue weighted by atomic mass is 9.92. The van der Waals surface area contributed by atoms with E-state index in [9.17, 15) is 13.2 Å². The molecule has 0 radical (unpaired) electrons. The Bertz CT molecular complexity index is 468. The van der Waals surface area contributed by atoms with Crippen LogP contribution in [-0.4, -0.2) is 20.8 Å². The highest BCUT2D eigenvalue weighted by Crippen LogP contribution is 2.42. The van der Waals surface area contributed by atoms with Crippen LogP contribution in [-0.2, 0) is 6.18 Å². The third kappa shape index (κ3) is 3.00. The Kier molecular flexibility index (Phi) is 4.42. The van der Waals surface area contributed by atoms with Crippen molar-refractivity contribution in [2.24, 2.45) is 0 Å². The topological polar surface area (TPSA) is 30.5 Å². The summed E-state index contributed by atoms with van der Waals surface area (Å²) in [7, 11) is 2.75. The summed E-state index contributed by atoms with van der Waals surface area (Å²) in [5.74, 6) is 0.419. The summed E-state index contributed by atoms with van der Waals surface area (Å²) in [6.45, 7) is 0.732. The number of rotatable bonds is 3. The summed E-state index contributed by atoms with van der Waals surface area (Å²) < 4.78 is 49.8. The van der Waals surface area contributed by atoms with Crippen LogP contribution in [0.3, 0.4) is 0 Å². The molecular weight excluding hydrogens is 271 g/mol. The Hall–Kier alpha value is -1.43. The smallest absolute Gasteiger partial charge is 0.416 e. The first-order chi connectivity index (χ1) is 9.47. The number of nitrogens with one attached hydrogen (secondary N) is 1. The van der Waals surface area contributed by atoms with Crippen LogP contribution in [0.1, 0.15) is 36.4 Å². The second-order valence-corrected chi connectivity index (χ2v) is 4.79. The minimum absolute atomic E-state index is 0.0967. The van der Waals surface area contributed by atoms with Crippen LogP contribution in [0.25, 0.3) is 0 Å². The zero-order chi connectivity index (χ0) is 14.8. The molecule has 0 aromatic heterocycles. The summed E-state index contributed by atoms with van der Waals surface area (Å²) in [6.07, 6.45) is -1.80. The van der Waals surface area contributed by atoms with Gasteiger partial charge in [0.05, 0.1) is 19.8 Å². The monoisotopic (exact) mass is 289 g/mol. The number of halogens is 3. The molecule has 1 unspecified atom stereocenters. The first-order valence-corrected chi connectivity index (χ1v) is 6.54. The van der Waals surface area contributed by atoms with Gasteiger partial charge >= 0.3 is 6.18 Å². The van der Waals surface area contributed by atoms with E-state index < -0.39 is 11.7 Å². The van der Waals surface area contributed by atoms with Gasteiger partial charge in [-0.15, -0.1) is 0 Å². The lowest BCUT2D eigenvalue weighted by Gasteiger charge is -2.27. The number of ether oxygens (including phenoxy) is 2. The van der Waals surface area contributed by atoms with Gasteiger partial charge in [0.1, 0.15) is 0 Å². The molecular formula is C14H18F3NO2. The van der Waals surface area contributed by atoms with Crippen LogP contribution in [0.4, 0.5) is 13.2 Å². The lowest BCUT2D eigenvalue weighted by Crippen LogP contribution is -2.28. The molecule has 1 fully saturated rings. The van der Waals surface area contributed by atoms with E-state index >= 15 is 0 Å². The van der Waals surface area contributed by atoms with Crippen molar-refractivity contribution < 1.29 is 22.6 Å². The maximum atomic E-state index is 13.2. The quantitative estimate of drug-likeness (QED) is 0.923. The number of hydrogen-bond acceptors (Lipinski definition) is 3. The Balaban J connectivity index is 2.51. The molecule has 0 amide bonds. The Labute approximate surface area is 116 Å². The molecule has 112 valence electrons. The van der Waals surface area contributed by atoms with Crippen molar-refractivity contribution in [1.29, 1.82) is 0 Å². The van der Waals surface area contributed by atoms with Gasteiger partial charge in [-0.3, -0.25) is 0 Å². The highest BCUT2D eigenvalue weighted by atomic mass is 19.4. The lowest BCUT2D eigenvalue weighted by molar-refractivity contribution is -0.138. The normalized spacial score (nSPS) is 19.8. The van der Waals surface area contributed by atoms with Crippen LogP contribution in [0, 0.1) is 0 Å². The molecule has 0 saturated carbocycles. The molecule has 1 saturated heterocycles. The van der Waals surface area contributed by atoms with Crippen molar-refractivity contribution in [2.75, 3.05) is 20.8 Å². The second kappa shape index (κ2) is 5.91. The van der Waals surface area contributed by atoms with E-state index in [-0.39, 0.29) is 17.4 Å². The zero-order valence-electron chi connectivity index (χ0n) is 11.5. The van der Waals surface area contributed by atoms with Crippen molar-refractivity contribution in [1.82, 2.24) is 5.32 Å². The van der Waals surface area contributed by atoms with Gasteiger partial charge in [-0.1, -0.05) is 6.42 Å². The van der Waals surface area contributed by atoms with Gasteiger partial charge in [0, 0.05) is 6.04 Å². The van der Waals surface area contributed by atoms with Crippen molar-refractivity contribution in [3.8, 4) is 11.5 Å². The van der Waals surface area contributed by atoms with Crippen LogP contribution in [0.5, 0.6) is 11.5 Å². The van der Waals surface area contributed by atoms with Gasteiger partial charge in [0.25, 0.3) is 0 Å². The van der Waals surface area contributed by atoms with E-state index in [4.69, 9.17) is 9.47 Å². The van der Waals surface area contributed by atoms with Gasteiger partial charge in [-0.05, 0) is 37.1 Å². The number of methoxy groups -OCH3 is 2. The maximum absolute atomic E-state index is 13.2. The molecule has 1 aromatic carbocycles. The predicted molar refractivity (Wildman–Crippen MR) is 69.1 cm³/mol. The van der Waals surface area contributed by atoms with E-state index in [1.54, 1.807) is 0 Å². The first kappa shape index (κ1) is 15.0. The van der Waals surface area contributed by atoms with Crippen molar-refractivity contribution >= 4 is 0 Å². The average Bonchev–Trinajstić information content (AvgIpc) is 2.45. The van der Waals surface area contributed by atoms with E-state index in [1.165, 1.54) is 20.3 Å². The van der Waals surface area contributed by atoms with Crippen molar-refractivity contribution in [3.05, 3.63) is 23.3 Å².